The zero-order valence-corrected chi connectivity index (χ0v) is 11.1. The minimum Gasteiger partial charge on any atom is -0.478 e. The van der Waals surface area contributed by atoms with Crippen molar-refractivity contribution in [3.05, 3.63) is 29.3 Å². The van der Waals surface area contributed by atoms with Crippen molar-refractivity contribution in [3.63, 3.8) is 0 Å². The van der Waals surface area contributed by atoms with Crippen LogP contribution in [-0.2, 0) is 9.84 Å². The Balaban J connectivity index is 3.11. The van der Waals surface area contributed by atoms with Gasteiger partial charge in [-0.05, 0) is 18.6 Å². The van der Waals surface area contributed by atoms with Gasteiger partial charge in [0.15, 0.2) is 21.5 Å². The van der Waals surface area contributed by atoms with Crippen LogP contribution >= 0.6 is 0 Å². The maximum atomic E-state index is 13.4. The van der Waals surface area contributed by atoms with Crippen molar-refractivity contribution in [3.8, 4) is 0 Å². The van der Waals surface area contributed by atoms with Crippen LogP contribution in [0.15, 0.2) is 17.0 Å². The molecule has 4 nitrogen and oxygen atoms in total. The molecule has 10 heteroatoms. The first-order valence-electron chi connectivity index (χ1n) is 5.46. The van der Waals surface area contributed by atoms with E-state index in [1.807, 2.05) is 0 Å². The number of hydrogen-bond acceptors (Lipinski definition) is 3. The number of carboxylic acid groups (broad SMARTS) is 1. The summed E-state index contributed by atoms with van der Waals surface area (Å²) in [4.78, 5) is 9.39. The standard InChI is InChI=1S/C11H9F5O4S/c12-7-4-6(10(17)18)5-8(9(7)13)21(19,20)3-1-2-11(14,15)16/h4-5H,1-3H2,(H,17,18). The number of hydrogen-bond donors (Lipinski definition) is 1. The third kappa shape index (κ3) is 4.66. The number of aromatic carboxylic acids is 1. The number of rotatable bonds is 5. The molecule has 0 aliphatic carbocycles. The number of sulfone groups is 1. The van der Waals surface area contributed by atoms with Gasteiger partial charge in [-0.2, -0.15) is 13.2 Å². The lowest BCUT2D eigenvalue weighted by atomic mass is 10.2. The number of carbonyl (C=O) groups is 1. The van der Waals surface area contributed by atoms with Crippen LogP contribution in [0.3, 0.4) is 0 Å². The van der Waals surface area contributed by atoms with Gasteiger partial charge >= 0.3 is 12.1 Å². The van der Waals surface area contributed by atoms with Crippen molar-refractivity contribution in [2.75, 3.05) is 5.75 Å². The molecule has 0 radical (unpaired) electrons. The molecule has 0 fully saturated rings. The second-order valence-electron chi connectivity index (χ2n) is 4.11. The van der Waals surface area contributed by atoms with E-state index in [0.717, 1.165) is 0 Å². The molecule has 0 saturated heterocycles. The Kier molecular flexibility index (Phi) is 4.92. The van der Waals surface area contributed by atoms with Gasteiger partial charge in [-0.25, -0.2) is 22.0 Å². The van der Waals surface area contributed by atoms with E-state index in [-0.39, 0.29) is 6.07 Å². The Hall–Kier alpha value is -1.71. The normalized spacial score (nSPS) is 12.4. The maximum Gasteiger partial charge on any atom is 0.389 e. The lowest BCUT2D eigenvalue weighted by Gasteiger charge is -2.09. The highest BCUT2D eigenvalue weighted by Crippen LogP contribution is 2.25. The summed E-state index contributed by atoms with van der Waals surface area (Å²) in [7, 11) is -4.57. The summed E-state index contributed by atoms with van der Waals surface area (Å²) < 4.78 is 85.8. The number of halogens is 5. The molecule has 1 rings (SSSR count). The van der Waals surface area contributed by atoms with Gasteiger partial charge in [0, 0.05) is 6.42 Å². The van der Waals surface area contributed by atoms with Gasteiger partial charge in [-0.1, -0.05) is 0 Å². The molecule has 0 saturated carbocycles. The molecule has 0 unspecified atom stereocenters. The average molecular weight is 332 g/mol. The maximum absolute atomic E-state index is 13.4. The summed E-state index contributed by atoms with van der Waals surface area (Å²) in [6.07, 6.45) is -6.83. The Morgan fingerprint density at radius 2 is 1.76 bits per heavy atom. The molecule has 0 bridgehead atoms. The van der Waals surface area contributed by atoms with E-state index in [2.05, 4.69) is 0 Å². The van der Waals surface area contributed by atoms with E-state index >= 15 is 0 Å². The Bertz CT molecular complexity index is 651. The van der Waals surface area contributed by atoms with Gasteiger partial charge in [-0.15, -0.1) is 0 Å². The van der Waals surface area contributed by atoms with E-state index < -0.39 is 62.7 Å². The van der Waals surface area contributed by atoms with E-state index in [9.17, 15) is 35.2 Å². The first kappa shape index (κ1) is 17.3. The highest BCUT2D eigenvalue weighted by Gasteiger charge is 2.29. The smallest absolute Gasteiger partial charge is 0.389 e. The van der Waals surface area contributed by atoms with E-state index in [0.29, 0.717) is 6.07 Å². The molecular formula is C11H9F5O4S. The lowest BCUT2D eigenvalue weighted by molar-refractivity contribution is -0.134. The van der Waals surface area contributed by atoms with Crippen molar-refractivity contribution in [1.82, 2.24) is 0 Å². The van der Waals surface area contributed by atoms with Crippen molar-refractivity contribution in [2.24, 2.45) is 0 Å². The van der Waals surface area contributed by atoms with Gasteiger partial charge in [0.2, 0.25) is 0 Å². The zero-order valence-electron chi connectivity index (χ0n) is 10.2. The summed E-state index contributed by atoms with van der Waals surface area (Å²) in [5.41, 5.74) is -0.816. The van der Waals surface area contributed by atoms with Crippen molar-refractivity contribution in [1.29, 1.82) is 0 Å². The molecule has 21 heavy (non-hydrogen) atoms. The molecule has 1 aromatic rings. The summed E-state index contributed by atoms with van der Waals surface area (Å²) in [5, 5.41) is 8.64. The summed E-state index contributed by atoms with van der Waals surface area (Å²) in [5.74, 6) is -6.29. The van der Waals surface area contributed by atoms with Crippen LogP contribution in [0, 0.1) is 11.6 Å². The van der Waals surface area contributed by atoms with Crippen LogP contribution in [0.4, 0.5) is 22.0 Å². The average Bonchev–Trinajstić information content (AvgIpc) is 2.29. The molecule has 0 aliphatic rings. The first-order valence-corrected chi connectivity index (χ1v) is 7.11. The van der Waals surface area contributed by atoms with Crippen LogP contribution in [-0.4, -0.2) is 31.4 Å². The molecule has 0 spiro atoms. The van der Waals surface area contributed by atoms with Crippen LogP contribution in [0.2, 0.25) is 0 Å². The Morgan fingerprint density at radius 1 is 1.19 bits per heavy atom. The van der Waals surface area contributed by atoms with Crippen molar-refractivity contribution in [2.45, 2.75) is 23.9 Å². The van der Waals surface area contributed by atoms with E-state index in [1.54, 1.807) is 0 Å². The number of carboxylic acids is 1. The highest BCUT2D eigenvalue weighted by atomic mass is 32.2. The van der Waals surface area contributed by atoms with Gasteiger partial charge in [0.25, 0.3) is 0 Å². The quantitative estimate of drug-likeness (QED) is 0.842. The zero-order chi connectivity index (χ0) is 16.4. The minimum atomic E-state index is -4.58. The monoisotopic (exact) mass is 332 g/mol. The first-order chi connectivity index (χ1) is 9.44. The minimum absolute atomic E-state index is 0.284. The van der Waals surface area contributed by atoms with E-state index in [1.165, 1.54) is 0 Å². The van der Waals surface area contributed by atoms with Gasteiger partial charge < -0.3 is 5.11 Å². The SMILES string of the molecule is O=C(O)c1cc(F)c(F)c(S(=O)(=O)CCCC(F)(F)F)c1. The predicted molar refractivity (Wildman–Crippen MR) is 60.7 cm³/mol. The summed E-state index contributed by atoms with van der Waals surface area (Å²) in [6, 6.07) is 0.663. The second kappa shape index (κ2) is 5.96. The summed E-state index contributed by atoms with van der Waals surface area (Å²) in [6.45, 7) is 0. The molecule has 0 aromatic heterocycles. The third-order valence-corrected chi connectivity index (χ3v) is 4.24. The van der Waals surface area contributed by atoms with Gasteiger partial charge in [0.05, 0.1) is 11.3 Å². The Morgan fingerprint density at radius 3 is 2.24 bits per heavy atom. The van der Waals surface area contributed by atoms with Crippen LogP contribution < -0.4 is 0 Å². The van der Waals surface area contributed by atoms with E-state index in [4.69, 9.17) is 5.11 Å². The third-order valence-electron chi connectivity index (χ3n) is 2.45. The topological polar surface area (TPSA) is 71.4 Å². The lowest BCUT2D eigenvalue weighted by Crippen LogP contribution is -2.15. The van der Waals surface area contributed by atoms with Crippen LogP contribution in [0.25, 0.3) is 0 Å². The second-order valence-corrected chi connectivity index (χ2v) is 6.19. The predicted octanol–water partition coefficient (Wildman–Crippen LogP) is 2.78. The molecule has 118 valence electrons. The highest BCUT2D eigenvalue weighted by molar-refractivity contribution is 7.91. The van der Waals surface area contributed by atoms with Gasteiger partial charge in [-0.3, -0.25) is 0 Å². The van der Waals surface area contributed by atoms with Crippen LogP contribution in [0.5, 0.6) is 0 Å². The fourth-order valence-corrected chi connectivity index (χ4v) is 2.91. The number of alkyl halides is 3. The molecule has 1 N–H and O–H groups in total. The molecule has 0 heterocycles. The molecule has 0 aliphatic heterocycles. The largest absolute Gasteiger partial charge is 0.478 e. The molecule has 1 aromatic carbocycles. The fourth-order valence-electron chi connectivity index (χ4n) is 1.49. The Labute approximate surface area is 116 Å². The molecular weight excluding hydrogens is 323 g/mol. The summed E-state index contributed by atoms with van der Waals surface area (Å²) >= 11 is 0. The van der Waals surface area contributed by atoms with Crippen LogP contribution in [0.1, 0.15) is 23.2 Å². The fraction of sp³-hybridized carbons (Fsp3) is 0.364. The van der Waals surface area contributed by atoms with Crippen molar-refractivity contribution >= 4 is 15.8 Å². The van der Waals surface area contributed by atoms with Gasteiger partial charge in [0.1, 0.15) is 4.90 Å². The van der Waals surface area contributed by atoms with Crippen molar-refractivity contribution < 1.29 is 40.3 Å². The molecule has 0 atom stereocenters. The number of benzene rings is 1. The molecule has 0 amide bonds.